The third kappa shape index (κ3) is 4.43. The largest absolute Gasteiger partial charge is 0.488 e. The van der Waals surface area contributed by atoms with Crippen molar-refractivity contribution in [2.75, 3.05) is 6.61 Å². The molecule has 2 spiro atoms. The zero-order valence-electron chi connectivity index (χ0n) is 29.5. The first-order valence-corrected chi connectivity index (χ1v) is 18.1. The Balaban J connectivity index is 1.15. The summed E-state index contributed by atoms with van der Waals surface area (Å²) >= 11 is 0. The van der Waals surface area contributed by atoms with Gasteiger partial charge in [-0.2, -0.15) is 0 Å². The minimum atomic E-state index is -1.31. The second-order valence-corrected chi connectivity index (χ2v) is 18.2. The molecule has 1 unspecified atom stereocenters. The summed E-state index contributed by atoms with van der Waals surface area (Å²) in [5, 5.41) is 54.3. The number of aliphatic hydroxyl groups is 5. The van der Waals surface area contributed by atoms with E-state index in [0.717, 1.165) is 44.9 Å². The fourth-order valence-electron chi connectivity index (χ4n) is 13.0. The summed E-state index contributed by atoms with van der Waals surface area (Å²) in [6.45, 7) is 16.0. The number of carbonyl (C=O) groups excluding carboxylic acids is 1. The van der Waals surface area contributed by atoms with Crippen LogP contribution in [0.5, 0.6) is 0 Å². The van der Waals surface area contributed by atoms with Gasteiger partial charge in [-0.3, -0.25) is 4.79 Å². The fraction of sp³-hybridized carbons (Fsp3) is 0.919. The smallest absolute Gasteiger partial charge is 0.303 e. The molecule has 7 aliphatic rings. The highest BCUT2D eigenvalue weighted by Crippen LogP contribution is 2.89. The van der Waals surface area contributed by atoms with E-state index in [9.17, 15) is 30.3 Å². The molecule has 5 fully saturated rings. The van der Waals surface area contributed by atoms with Gasteiger partial charge in [0.05, 0.1) is 18.3 Å². The van der Waals surface area contributed by atoms with E-state index in [2.05, 4.69) is 34.6 Å². The summed E-state index contributed by atoms with van der Waals surface area (Å²) in [7, 11) is 0. The van der Waals surface area contributed by atoms with E-state index >= 15 is 0 Å². The van der Waals surface area contributed by atoms with Crippen molar-refractivity contribution in [3.05, 3.63) is 11.3 Å². The SMILES string of the molecule is CC(=O)O[C@@H]([C@H]1C[C@@H](C)C2=C(O1)[C@H](O)[C@@]1(C)[C@@H]3CC[C@H]4C(C)(C)[C@@H](O[C@@H]5OC[C@@H](O)[C@H](O)C5O)CC[C@@]45C[C@@]35CC[C@]21C)C(C)(C)O. The molecule has 7 rings (SSSR count). The van der Waals surface area contributed by atoms with Crippen molar-refractivity contribution in [1.29, 1.82) is 0 Å². The molecule has 4 saturated carbocycles. The highest BCUT2D eigenvalue weighted by molar-refractivity contribution is 5.66. The van der Waals surface area contributed by atoms with Crippen LogP contribution in [-0.2, 0) is 23.7 Å². The van der Waals surface area contributed by atoms with Crippen molar-refractivity contribution in [3.63, 3.8) is 0 Å². The molecule has 2 aliphatic heterocycles. The normalized spacial score (nSPS) is 52.2. The van der Waals surface area contributed by atoms with Gasteiger partial charge in [0.15, 0.2) is 12.4 Å². The van der Waals surface area contributed by atoms with E-state index in [1.54, 1.807) is 13.8 Å². The average Bonchev–Trinajstić information content (AvgIpc) is 3.61. The molecule has 10 nitrogen and oxygen atoms in total. The van der Waals surface area contributed by atoms with E-state index in [1.807, 2.05) is 0 Å². The van der Waals surface area contributed by atoms with Crippen molar-refractivity contribution in [3.8, 4) is 0 Å². The Morgan fingerprint density at radius 2 is 1.62 bits per heavy atom. The third-order valence-electron chi connectivity index (χ3n) is 15.3. The molecule has 15 atom stereocenters. The lowest BCUT2D eigenvalue weighted by Gasteiger charge is -2.63. The molecule has 0 bridgehead atoms. The zero-order chi connectivity index (χ0) is 34.3. The number of allylic oxidation sites excluding steroid dienone is 1. The topological polar surface area (TPSA) is 155 Å². The number of aliphatic hydroxyl groups excluding tert-OH is 4. The summed E-state index contributed by atoms with van der Waals surface area (Å²) in [6.07, 6.45) is 0.627. The van der Waals surface area contributed by atoms with Crippen LogP contribution < -0.4 is 0 Å². The number of hydrogen-bond donors (Lipinski definition) is 5. The third-order valence-corrected chi connectivity index (χ3v) is 15.3. The van der Waals surface area contributed by atoms with Gasteiger partial charge in [0.25, 0.3) is 0 Å². The second-order valence-electron chi connectivity index (χ2n) is 18.2. The average molecular weight is 663 g/mol. The van der Waals surface area contributed by atoms with Crippen LogP contribution in [0.4, 0.5) is 0 Å². The predicted octanol–water partition coefficient (Wildman–Crippen LogP) is 3.60. The van der Waals surface area contributed by atoms with Crippen LogP contribution in [0.3, 0.4) is 0 Å². The van der Waals surface area contributed by atoms with E-state index in [1.165, 1.54) is 12.5 Å². The van der Waals surface area contributed by atoms with Crippen molar-refractivity contribution < 1.29 is 49.3 Å². The molecule has 1 saturated heterocycles. The standard InChI is InChI=1S/C37H58O10/c1-18-15-21(30(33(5,6)43)45-19(2)38)46-28-25(18)34(7)13-14-37-17-36(37)12-11-24(47-31-27(41)26(40)20(39)16-44-31)32(3,4)22(36)9-10-23(37)35(34,8)29(28)42/h18,20-24,26-27,29-31,39-43H,9-17H2,1-8H3/t18-,20-,21-,22+,23+,24+,26+,27?,29+,30+,31+,34-,35-,36-,37+/m1/s1. The molecular weight excluding hydrogens is 604 g/mol. The molecule has 0 amide bonds. The lowest BCUT2D eigenvalue weighted by Crippen LogP contribution is -2.61. The monoisotopic (exact) mass is 662 g/mol. The summed E-state index contributed by atoms with van der Waals surface area (Å²) in [5.41, 5.74) is -0.669. The molecule has 266 valence electrons. The molecular formula is C37H58O10. The maximum atomic E-state index is 12.5. The fourth-order valence-corrected chi connectivity index (χ4v) is 13.0. The van der Waals surface area contributed by atoms with E-state index < -0.39 is 59.9 Å². The van der Waals surface area contributed by atoms with E-state index in [0.29, 0.717) is 24.0 Å². The Kier molecular flexibility index (Phi) is 7.73. The van der Waals surface area contributed by atoms with Crippen LogP contribution in [0.15, 0.2) is 11.3 Å². The first kappa shape index (κ1) is 34.2. The summed E-state index contributed by atoms with van der Waals surface area (Å²) in [6, 6.07) is 0. The van der Waals surface area contributed by atoms with E-state index in [-0.39, 0.29) is 40.3 Å². The van der Waals surface area contributed by atoms with Crippen LogP contribution in [-0.4, -0.2) is 92.7 Å². The van der Waals surface area contributed by atoms with Crippen LogP contribution in [0.1, 0.15) is 107 Å². The number of fused-ring (bicyclic) bond motifs is 3. The Labute approximate surface area is 279 Å². The molecule has 47 heavy (non-hydrogen) atoms. The Morgan fingerprint density at radius 1 is 0.957 bits per heavy atom. The Bertz CT molecular complexity index is 1320. The number of carbonyl (C=O) groups is 1. The molecule has 0 aromatic heterocycles. The van der Waals surface area contributed by atoms with Gasteiger partial charge in [0.2, 0.25) is 0 Å². The van der Waals surface area contributed by atoms with Gasteiger partial charge >= 0.3 is 5.97 Å². The summed E-state index contributed by atoms with van der Waals surface area (Å²) in [4.78, 5) is 12.0. The minimum absolute atomic E-state index is 0.0723. The van der Waals surface area contributed by atoms with Crippen molar-refractivity contribution in [1.82, 2.24) is 0 Å². The van der Waals surface area contributed by atoms with Crippen molar-refractivity contribution in [2.45, 2.75) is 161 Å². The minimum Gasteiger partial charge on any atom is -0.488 e. The van der Waals surface area contributed by atoms with Gasteiger partial charge in [-0.25, -0.2) is 0 Å². The van der Waals surface area contributed by atoms with Crippen molar-refractivity contribution in [2.24, 2.45) is 44.8 Å². The van der Waals surface area contributed by atoms with Crippen LogP contribution >= 0.6 is 0 Å². The zero-order valence-corrected chi connectivity index (χ0v) is 29.5. The first-order chi connectivity index (χ1) is 21.8. The summed E-state index contributed by atoms with van der Waals surface area (Å²) < 4.78 is 24.4. The van der Waals surface area contributed by atoms with Gasteiger partial charge in [0.1, 0.15) is 36.3 Å². The van der Waals surface area contributed by atoms with E-state index in [4.69, 9.17) is 18.9 Å². The summed E-state index contributed by atoms with van der Waals surface area (Å²) in [5.74, 6) is 1.00. The number of ether oxygens (including phenoxy) is 4. The van der Waals surface area contributed by atoms with Crippen LogP contribution in [0.2, 0.25) is 0 Å². The number of rotatable bonds is 5. The van der Waals surface area contributed by atoms with Gasteiger partial charge in [-0.15, -0.1) is 0 Å². The van der Waals surface area contributed by atoms with Crippen LogP contribution in [0.25, 0.3) is 0 Å². The highest BCUT2D eigenvalue weighted by Gasteiger charge is 2.83. The second kappa shape index (κ2) is 10.6. The molecule has 0 aromatic carbocycles. The maximum Gasteiger partial charge on any atom is 0.303 e. The lowest BCUT2D eigenvalue weighted by atomic mass is 9.41. The lowest BCUT2D eigenvalue weighted by molar-refractivity contribution is -0.303. The number of esters is 1. The van der Waals surface area contributed by atoms with Gasteiger partial charge in [-0.05, 0) is 105 Å². The van der Waals surface area contributed by atoms with Gasteiger partial charge < -0.3 is 44.5 Å². The Morgan fingerprint density at radius 3 is 2.28 bits per heavy atom. The predicted molar refractivity (Wildman–Crippen MR) is 170 cm³/mol. The number of hydrogen-bond acceptors (Lipinski definition) is 10. The molecule has 0 radical (unpaired) electrons. The maximum absolute atomic E-state index is 12.5. The highest BCUT2D eigenvalue weighted by atomic mass is 16.7. The van der Waals surface area contributed by atoms with Gasteiger partial charge in [0, 0.05) is 17.8 Å². The molecule has 10 heteroatoms. The quantitative estimate of drug-likeness (QED) is 0.218. The van der Waals surface area contributed by atoms with Crippen molar-refractivity contribution >= 4 is 5.97 Å². The molecule has 5 N–H and O–H groups in total. The Hall–Kier alpha value is -1.27. The van der Waals surface area contributed by atoms with Crippen LogP contribution in [0, 0.1) is 44.8 Å². The molecule has 5 aliphatic carbocycles. The molecule has 2 heterocycles. The van der Waals surface area contributed by atoms with Gasteiger partial charge in [-0.1, -0.05) is 34.6 Å². The molecule has 0 aromatic rings. The first-order valence-electron chi connectivity index (χ1n) is 18.1.